The van der Waals surface area contributed by atoms with Crippen molar-refractivity contribution in [2.75, 3.05) is 0 Å². The van der Waals surface area contributed by atoms with Gasteiger partial charge in [-0.1, -0.05) is 79.2 Å². The molecule has 114 valence electrons. The Kier molecular flexibility index (Phi) is 2.74. The molecule has 0 amide bonds. The third kappa shape index (κ3) is 1.57. The first-order chi connectivity index (χ1) is 11.4. The largest absolute Gasteiger partial charge is 0.0876 e. The Bertz CT molecular complexity index is 729. The van der Waals surface area contributed by atoms with Gasteiger partial charge in [-0.3, -0.25) is 0 Å². The summed E-state index contributed by atoms with van der Waals surface area (Å²) in [6.07, 6.45) is 11.4. The number of allylic oxidation sites excluding steroid dienone is 4. The lowest BCUT2D eigenvalue weighted by atomic mass is 9.42. The van der Waals surface area contributed by atoms with E-state index in [0.717, 1.165) is 0 Å². The molecule has 0 radical (unpaired) electrons. The zero-order valence-corrected chi connectivity index (χ0v) is 13.5. The molecule has 2 atom stereocenters. The lowest BCUT2D eigenvalue weighted by Gasteiger charge is -2.60. The van der Waals surface area contributed by atoms with Crippen molar-refractivity contribution in [2.24, 2.45) is 10.8 Å². The van der Waals surface area contributed by atoms with Crippen LogP contribution in [0.4, 0.5) is 0 Å². The first-order valence-electron chi connectivity index (χ1n) is 8.89. The van der Waals surface area contributed by atoms with Crippen LogP contribution < -0.4 is 0 Å². The van der Waals surface area contributed by atoms with E-state index in [9.17, 15) is 0 Å². The molecule has 0 aliphatic heterocycles. The van der Waals surface area contributed by atoms with E-state index in [1.54, 1.807) is 11.1 Å². The van der Waals surface area contributed by atoms with Crippen LogP contribution in [0.15, 0.2) is 72.8 Å². The summed E-state index contributed by atoms with van der Waals surface area (Å²) in [5, 5.41) is 0. The number of hydrogen-bond acceptors (Lipinski definition) is 0. The van der Waals surface area contributed by atoms with E-state index in [-0.39, 0.29) is 0 Å². The van der Waals surface area contributed by atoms with Gasteiger partial charge < -0.3 is 0 Å². The van der Waals surface area contributed by atoms with Gasteiger partial charge in [0.2, 0.25) is 0 Å². The average molecular weight is 298 g/mol. The number of rotatable bonds is 2. The van der Waals surface area contributed by atoms with Crippen molar-refractivity contribution < 1.29 is 0 Å². The van der Waals surface area contributed by atoms with E-state index in [1.807, 2.05) is 0 Å². The van der Waals surface area contributed by atoms with Gasteiger partial charge in [0, 0.05) is 10.8 Å². The smallest absolute Gasteiger partial charge is 0.00966 e. The molecule has 5 rings (SSSR count). The quantitative estimate of drug-likeness (QED) is 0.586. The molecule has 2 aromatic rings. The maximum atomic E-state index is 2.44. The lowest BCUT2D eigenvalue weighted by molar-refractivity contribution is 0.170. The lowest BCUT2D eigenvalue weighted by Crippen LogP contribution is -2.49. The minimum absolute atomic E-state index is 0.397. The van der Waals surface area contributed by atoms with Crippen molar-refractivity contribution in [3.05, 3.63) is 83.9 Å². The minimum atomic E-state index is 0.397. The molecule has 0 heteroatoms. The van der Waals surface area contributed by atoms with Crippen molar-refractivity contribution in [1.29, 1.82) is 0 Å². The van der Waals surface area contributed by atoms with Crippen LogP contribution in [-0.2, 0) is 0 Å². The minimum Gasteiger partial charge on any atom is -0.0876 e. The third-order valence-corrected chi connectivity index (χ3v) is 6.55. The van der Waals surface area contributed by atoms with Crippen molar-refractivity contribution in [2.45, 2.75) is 32.1 Å². The Morgan fingerprint density at radius 2 is 1.00 bits per heavy atom. The molecule has 1 saturated carbocycles. The van der Waals surface area contributed by atoms with E-state index < -0.39 is 0 Å². The molecule has 0 saturated heterocycles. The summed E-state index contributed by atoms with van der Waals surface area (Å²) in [4.78, 5) is 0. The summed E-state index contributed by atoms with van der Waals surface area (Å²) in [6, 6.07) is 22.3. The fourth-order valence-electron chi connectivity index (χ4n) is 5.73. The van der Waals surface area contributed by atoms with Crippen molar-refractivity contribution >= 4 is 11.1 Å². The summed E-state index contributed by atoms with van der Waals surface area (Å²) in [6.45, 7) is 0. The molecule has 2 aromatic carbocycles. The number of benzene rings is 2. The molecule has 2 unspecified atom stereocenters. The molecule has 3 aliphatic carbocycles. The Balaban J connectivity index is 1.80. The molecule has 0 bridgehead atoms. The van der Waals surface area contributed by atoms with Gasteiger partial charge in [0.25, 0.3) is 0 Å². The van der Waals surface area contributed by atoms with E-state index >= 15 is 0 Å². The summed E-state index contributed by atoms with van der Waals surface area (Å²) >= 11 is 0. The highest BCUT2D eigenvalue weighted by atomic mass is 14.7. The Morgan fingerprint density at radius 1 is 0.565 bits per heavy atom. The predicted molar refractivity (Wildman–Crippen MR) is 96.8 cm³/mol. The fraction of sp³-hybridized carbons (Fsp3) is 0.304. The zero-order chi connectivity index (χ0) is 15.3. The van der Waals surface area contributed by atoms with Crippen LogP contribution in [-0.4, -0.2) is 0 Å². The second-order valence-corrected chi connectivity index (χ2v) is 7.38. The van der Waals surface area contributed by atoms with Gasteiger partial charge >= 0.3 is 0 Å². The SMILES string of the molecule is C1=CCC23CCCC2(C1)C(c1ccccc1)=C3c1ccccc1. The second kappa shape index (κ2) is 4.71. The third-order valence-electron chi connectivity index (χ3n) is 6.55. The molecule has 3 aliphatic rings. The van der Waals surface area contributed by atoms with Gasteiger partial charge in [-0.25, -0.2) is 0 Å². The van der Waals surface area contributed by atoms with Crippen LogP contribution >= 0.6 is 0 Å². The summed E-state index contributed by atoms with van der Waals surface area (Å²) in [7, 11) is 0. The van der Waals surface area contributed by atoms with Crippen LogP contribution in [0, 0.1) is 10.8 Å². The van der Waals surface area contributed by atoms with Gasteiger partial charge in [-0.15, -0.1) is 0 Å². The molecule has 0 N–H and O–H groups in total. The van der Waals surface area contributed by atoms with Crippen molar-refractivity contribution in [1.82, 2.24) is 0 Å². The summed E-state index contributed by atoms with van der Waals surface area (Å²) < 4.78 is 0. The maximum absolute atomic E-state index is 2.44. The van der Waals surface area contributed by atoms with E-state index in [4.69, 9.17) is 0 Å². The predicted octanol–water partition coefficient (Wildman–Crippen LogP) is 6.12. The van der Waals surface area contributed by atoms with Crippen LogP contribution in [0.1, 0.15) is 43.2 Å². The van der Waals surface area contributed by atoms with E-state index in [1.165, 1.54) is 43.2 Å². The molecular weight excluding hydrogens is 276 g/mol. The van der Waals surface area contributed by atoms with Gasteiger partial charge in [0.1, 0.15) is 0 Å². The topological polar surface area (TPSA) is 0 Å². The Morgan fingerprint density at radius 3 is 1.43 bits per heavy atom. The van der Waals surface area contributed by atoms with Gasteiger partial charge in [0.05, 0.1) is 0 Å². The Labute approximate surface area is 138 Å². The average Bonchev–Trinajstić information content (AvgIpc) is 2.94. The van der Waals surface area contributed by atoms with Crippen LogP contribution in [0.5, 0.6) is 0 Å². The summed E-state index contributed by atoms with van der Waals surface area (Å²) in [5.41, 5.74) is 6.97. The van der Waals surface area contributed by atoms with Gasteiger partial charge in [0.15, 0.2) is 0 Å². The van der Waals surface area contributed by atoms with Gasteiger partial charge in [-0.2, -0.15) is 0 Å². The molecule has 0 aromatic heterocycles. The first-order valence-corrected chi connectivity index (χ1v) is 8.89. The molecule has 0 nitrogen and oxygen atoms in total. The Hall–Kier alpha value is -2.08. The standard InChI is InChI=1S/C23H22/c1-3-10-18(11-4-1)20-21(19-12-5-2-6-13-19)23-15-8-7-14-22(20,23)16-9-17-23/h1-8,10-13H,9,14-17H2. The highest BCUT2D eigenvalue weighted by molar-refractivity contribution is 6.05. The van der Waals surface area contributed by atoms with E-state index in [2.05, 4.69) is 72.8 Å². The molecule has 1 fully saturated rings. The second-order valence-electron chi connectivity index (χ2n) is 7.38. The molecular formula is C23H22. The highest BCUT2D eigenvalue weighted by Crippen LogP contribution is 2.78. The van der Waals surface area contributed by atoms with Crippen molar-refractivity contribution in [3.63, 3.8) is 0 Å². The van der Waals surface area contributed by atoms with Crippen LogP contribution in [0.2, 0.25) is 0 Å². The monoisotopic (exact) mass is 298 g/mol. The van der Waals surface area contributed by atoms with Gasteiger partial charge in [-0.05, 0) is 48.0 Å². The van der Waals surface area contributed by atoms with Crippen LogP contribution in [0.3, 0.4) is 0 Å². The van der Waals surface area contributed by atoms with Crippen LogP contribution in [0.25, 0.3) is 11.1 Å². The maximum Gasteiger partial charge on any atom is 0.00966 e. The van der Waals surface area contributed by atoms with E-state index in [0.29, 0.717) is 10.8 Å². The zero-order valence-electron chi connectivity index (χ0n) is 13.5. The molecule has 23 heavy (non-hydrogen) atoms. The molecule has 0 heterocycles. The van der Waals surface area contributed by atoms with Crippen molar-refractivity contribution in [3.8, 4) is 0 Å². The summed E-state index contributed by atoms with van der Waals surface area (Å²) in [5.74, 6) is 0. The molecule has 0 spiro atoms. The normalized spacial score (nSPS) is 31.5. The first kappa shape index (κ1) is 13.4. The fourth-order valence-corrected chi connectivity index (χ4v) is 5.73. The number of hydrogen-bond donors (Lipinski definition) is 0. The highest BCUT2D eigenvalue weighted by Gasteiger charge is 2.66.